The van der Waals surface area contributed by atoms with Crippen molar-refractivity contribution in [1.82, 2.24) is 9.97 Å². The van der Waals surface area contributed by atoms with Crippen molar-refractivity contribution in [2.75, 3.05) is 23.3 Å². The monoisotopic (exact) mass is 389 g/mol. The number of amides is 1. The molecule has 3 aromatic rings. The molecule has 0 saturated carbocycles. The summed E-state index contributed by atoms with van der Waals surface area (Å²) in [6.45, 7) is 4.40. The molecule has 0 aliphatic carbocycles. The highest BCUT2D eigenvalue weighted by Gasteiger charge is 2.24. The van der Waals surface area contributed by atoms with Crippen LogP contribution in [-0.2, 0) is 17.8 Å². The fraction of sp³-hybridized carbons (Fsp3) is 0.348. The number of carbonyl (C=O) groups excluding carboxylic acids is 1. The Morgan fingerprint density at radius 2 is 2.00 bits per heavy atom. The summed E-state index contributed by atoms with van der Waals surface area (Å²) < 4.78 is 0. The molecular formula is C23H27N5O. The first-order chi connectivity index (χ1) is 14.2. The first kappa shape index (κ1) is 19.2. The molecule has 1 aliphatic rings. The molecule has 3 N–H and O–H groups in total. The zero-order valence-electron chi connectivity index (χ0n) is 16.8. The number of hydrogen-bond donors (Lipinski definition) is 2. The zero-order valence-corrected chi connectivity index (χ0v) is 16.8. The summed E-state index contributed by atoms with van der Waals surface area (Å²) in [6.07, 6.45) is 4.30. The third kappa shape index (κ3) is 4.16. The van der Waals surface area contributed by atoms with Gasteiger partial charge in [-0.1, -0.05) is 31.2 Å². The number of primary amides is 1. The highest BCUT2D eigenvalue weighted by Crippen LogP contribution is 2.27. The second kappa shape index (κ2) is 8.47. The average molecular weight is 390 g/mol. The SMILES string of the molecule is CCc1cc(NCc2cccnc2N2CCC(C(N)=O)CC2)c2ccccc2n1. The molecule has 0 unspecified atom stereocenters. The van der Waals surface area contributed by atoms with Crippen molar-refractivity contribution in [3.8, 4) is 0 Å². The topological polar surface area (TPSA) is 84.1 Å². The van der Waals surface area contributed by atoms with Crippen LogP contribution in [0.2, 0.25) is 0 Å². The Kier molecular flexibility index (Phi) is 5.60. The summed E-state index contributed by atoms with van der Waals surface area (Å²) in [5, 5.41) is 4.73. The van der Waals surface area contributed by atoms with E-state index < -0.39 is 0 Å². The fourth-order valence-corrected chi connectivity index (χ4v) is 3.98. The number of benzene rings is 1. The van der Waals surface area contributed by atoms with Crippen LogP contribution < -0.4 is 16.0 Å². The van der Waals surface area contributed by atoms with E-state index in [4.69, 9.17) is 10.7 Å². The van der Waals surface area contributed by atoms with Crippen LogP contribution in [0.15, 0.2) is 48.7 Å². The van der Waals surface area contributed by atoms with Gasteiger partial charge in [0, 0.05) is 54.1 Å². The molecule has 1 fully saturated rings. The molecule has 1 saturated heterocycles. The average Bonchev–Trinajstić information content (AvgIpc) is 2.77. The lowest BCUT2D eigenvalue weighted by Crippen LogP contribution is -2.39. The lowest BCUT2D eigenvalue weighted by molar-refractivity contribution is -0.122. The largest absolute Gasteiger partial charge is 0.380 e. The Bertz CT molecular complexity index is 1010. The van der Waals surface area contributed by atoms with Crippen molar-refractivity contribution in [3.63, 3.8) is 0 Å². The van der Waals surface area contributed by atoms with E-state index >= 15 is 0 Å². The number of fused-ring (bicyclic) bond motifs is 1. The summed E-state index contributed by atoms with van der Waals surface area (Å²) in [5.74, 6) is 0.771. The summed E-state index contributed by atoms with van der Waals surface area (Å²) in [7, 11) is 0. The molecule has 0 spiro atoms. The molecule has 2 aromatic heterocycles. The van der Waals surface area contributed by atoms with E-state index in [9.17, 15) is 4.79 Å². The van der Waals surface area contributed by atoms with Crippen molar-refractivity contribution < 1.29 is 4.79 Å². The molecule has 0 radical (unpaired) electrons. The van der Waals surface area contributed by atoms with Crippen LogP contribution >= 0.6 is 0 Å². The van der Waals surface area contributed by atoms with Gasteiger partial charge in [0.2, 0.25) is 5.91 Å². The van der Waals surface area contributed by atoms with Gasteiger partial charge in [0.15, 0.2) is 0 Å². The number of anilines is 2. The molecule has 1 aliphatic heterocycles. The number of hydrogen-bond acceptors (Lipinski definition) is 5. The Morgan fingerprint density at radius 1 is 1.21 bits per heavy atom. The maximum absolute atomic E-state index is 11.5. The quantitative estimate of drug-likeness (QED) is 0.674. The maximum Gasteiger partial charge on any atom is 0.220 e. The smallest absolute Gasteiger partial charge is 0.220 e. The van der Waals surface area contributed by atoms with Gasteiger partial charge >= 0.3 is 0 Å². The van der Waals surface area contributed by atoms with Crippen LogP contribution in [0.5, 0.6) is 0 Å². The summed E-state index contributed by atoms with van der Waals surface area (Å²) in [6, 6.07) is 14.4. The number of nitrogens with zero attached hydrogens (tertiary/aromatic N) is 3. The minimum atomic E-state index is -0.191. The lowest BCUT2D eigenvalue weighted by Gasteiger charge is -2.32. The van der Waals surface area contributed by atoms with E-state index in [-0.39, 0.29) is 11.8 Å². The van der Waals surface area contributed by atoms with Gasteiger partial charge in [-0.25, -0.2) is 4.98 Å². The number of carbonyl (C=O) groups is 1. The number of piperidine rings is 1. The van der Waals surface area contributed by atoms with Crippen LogP contribution in [0, 0.1) is 5.92 Å². The van der Waals surface area contributed by atoms with Crippen molar-refractivity contribution in [2.24, 2.45) is 11.7 Å². The van der Waals surface area contributed by atoms with Crippen LogP contribution in [-0.4, -0.2) is 29.0 Å². The number of rotatable bonds is 6. The molecule has 6 nitrogen and oxygen atoms in total. The van der Waals surface area contributed by atoms with Gasteiger partial charge in [-0.2, -0.15) is 0 Å². The molecule has 0 bridgehead atoms. The van der Waals surface area contributed by atoms with Gasteiger partial charge < -0.3 is 16.0 Å². The maximum atomic E-state index is 11.5. The van der Waals surface area contributed by atoms with E-state index in [2.05, 4.69) is 46.4 Å². The Balaban J connectivity index is 1.55. The molecule has 1 aromatic carbocycles. The van der Waals surface area contributed by atoms with Crippen molar-refractivity contribution in [1.29, 1.82) is 0 Å². The first-order valence-electron chi connectivity index (χ1n) is 10.3. The van der Waals surface area contributed by atoms with E-state index in [1.807, 2.05) is 24.4 Å². The van der Waals surface area contributed by atoms with Gasteiger partial charge in [0.05, 0.1) is 5.52 Å². The Labute approximate surface area is 171 Å². The molecule has 3 heterocycles. The summed E-state index contributed by atoms with van der Waals surface area (Å²) in [4.78, 5) is 23.1. The third-order valence-corrected chi connectivity index (χ3v) is 5.67. The molecule has 150 valence electrons. The molecule has 1 amide bonds. The Morgan fingerprint density at radius 3 is 2.76 bits per heavy atom. The molecule has 4 rings (SSSR count). The number of pyridine rings is 2. The molecule has 6 heteroatoms. The van der Waals surface area contributed by atoms with Crippen molar-refractivity contribution >= 4 is 28.3 Å². The summed E-state index contributed by atoms with van der Waals surface area (Å²) >= 11 is 0. The number of nitrogens with two attached hydrogens (primary N) is 1. The van der Waals surface area contributed by atoms with Gasteiger partial charge in [0.25, 0.3) is 0 Å². The predicted octanol–water partition coefficient (Wildman–Crippen LogP) is 3.51. The summed E-state index contributed by atoms with van der Waals surface area (Å²) in [5.41, 5.74) is 9.79. The second-order valence-electron chi connectivity index (χ2n) is 7.54. The standard InChI is InChI=1S/C23H27N5O/c1-2-18-14-21(19-7-3-4-8-20(19)27-18)26-15-17-6-5-11-25-23(17)28-12-9-16(10-13-28)22(24)29/h3-8,11,14,16H,2,9-10,12-13,15H2,1H3,(H2,24,29)(H,26,27). The normalized spacial score (nSPS) is 14.9. The number of para-hydroxylation sites is 1. The van der Waals surface area contributed by atoms with Crippen LogP contribution in [0.4, 0.5) is 11.5 Å². The van der Waals surface area contributed by atoms with Crippen molar-refractivity contribution in [2.45, 2.75) is 32.7 Å². The van der Waals surface area contributed by atoms with Gasteiger partial charge in [-0.3, -0.25) is 9.78 Å². The van der Waals surface area contributed by atoms with Crippen molar-refractivity contribution in [3.05, 3.63) is 59.9 Å². The molecule has 29 heavy (non-hydrogen) atoms. The first-order valence-corrected chi connectivity index (χ1v) is 10.3. The van der Waals surface area contributed by atoms with E-state index in [1.165, 1.54) is 0 Å². The zero-order chi connectivity index (χ0) is 20.2. The highest BCUT2D eigenvalue weighted by atomic mass is 16.1. The number of aromatic nitrogens is 2. The fourth-order valence-electron chi connectivity index (χ4n) is 3.98. The van der Waals surface area contributed by atoms with Gasteiger partial charge in [0.1, 0.15) is 5.82 Å². The van der Waals surface area contributed by atoms with E-state index in [1.54, 1.807) is 0 Å². The molecular weight excluding hydrogens is 362 g/mol. The molecule has 0 atom stereocenters. The van der Waals surface area contributed by atoms with Crippen LogP contribution in [0.25, 0.3) is 10.9 Å². The van der Waals surface area contributed by atoms with E-state index in [0.29, 0.717) is 6.54 Å². The Hall–Kier alpha value is -3.15. The minimum absolute atomic E-state index is 0.0211. The number of aryl methyl sites for hydroxylation is 1. The minimum Gasteiger partial charge on any atom is -0.380 e. The number of nitrogens with one attached hydrogen (secondary N) is 1. The lowest BCUT2D eigenvalue weighted by atomic mass is 9.96. The van der Waals surface area contributed by atoms with E-state index in [0.717, 1.165) is 66.0 Å². The van der Waals surface area contributed by atoms with Gasteiger partial charge in [-0.05, 0) is 37.5 Å². The van der Waals surface area contributed by atoms with Crippen LogP contribution in [0.1, 0.15) is 31.0 Å². The second-order valence-corrected chi connectivity index (χ2v) is 7.54. The third-order valence-electron chi connectivity index (χ3n) is 5.67. The van der Waals surface area contributed by atoms with Crippen LogP contribution in [0.3, 0.4) is 0 Å². The predicted molar refractivity (Wildman–Crippen MR) is 117 cm³/mol. The highest BCUT2D eigenvalue weighted by molar-refractivity contribution is 5.91. The van der Waals surface area contributed by atoms with Gasteiger partial charge in [-0.15, -0.1) is 0 Å².